The molecule has 4 nitrogen and oxygen atoms in total. The van der Waals surface area contributed by atoms with Gasteiger partial charge in [-0.2, -0.15) is 0 Å². The molecule has 1 aliphatic rings. The van der Waals surface area contributed by atoms with Crippen LogP contribution in [-0.2, 0) is 13.1 Å². The molecule has 1 heterocycles. The van der Waals surface area contributed by atoms with Gasteiger partial charge in [0.1, 0.15) is 0 Å². The molecule has 134 valence electrons. The summed E-state index contributed by atoms with van der Waals surface area (Å²) in [4.78, 5) is 7.23. The maximum atomic E-state index is 4.66. The molecule has 1 aromatic carbocycles. The number of benzene rings is 1. The van der Waals surface area contributed by atoms with Crippen LogP contribution in [0.25, 0.3) is 0 Å². The van der Waals surface area contributed by atoms with Crippen molar-refractivity contribution >= 4 is 5.96 Å². The number of nitrogens with zero attached hydrogens (tertiary/aromatic N) is 2. The van der Waals surface area contributed by atoms with E-state index in [-0.39, 0.29) is 0 Å². The number of likely N-dealkylation sites (tertiary alicyclic amines) is 1. The van der Waals surface area contributed by atoms with Crippen LogP contribution < -0.4 is 10.6 Å². The van der Waals surface area contributed by atoms with Gasteiger partial charge in [-0.05, 0) is 63.7 Å². The minimum Gasteiger partial charge on any atom is -0.357 e. The number of guanidine groups is 1. The van der Waals surface area contributed by atoms with Crippen molar-refractivity contribution in [1.29, 1.82) is 0 Å². The standard InChI is InChI=1S/C20H34N4/c1-5-21-20(23-16(2)3)22-14-18-6-8-19(9-7-18)15-24-12-10-17(4)11-13-24/h6-9,16-17H,5,10-15H2,1-4H3,(H2,21,22,23). The highest BCUT2D eigenvalue weighted by molar-refractivity contribution is 5.79. The highest BCUT2D eigenvalue weighted by Gasteiger charge is 2.15. The number of piperidine rings is 1. The summed E-state index contributed by atoms with van der Waals surface area (Å²) in [5.74, 6) is 1.78. The molecule has 0 unspecified atom stereocenters. The number of hydrogen-bond donors (Lipinski definition) is 2. The van der Waals surface area contributed by atoms with Crippen LogP contribution in [0.4, 0.5) is 0 Å². The Bertz CT molecular complexity index is 499. The minimum absolute atomic E-state index is 0.387. The quantitative estimate of drug-likeness (QED) is 0.620. The maximum Gasteiger partial charge on any atom is 0.191 e. The molecule has 0 aliphatic carbocycles. The zero-order chi connectivity index (χ0) is 17.4. The van der Waals surface area contributed by atoms with Gasteiger partial charge in [-0.1, -0.05) is 31.2 Å². The van der Waals surface area contributed by atoms with Gasteiger partial charge in [0.15, 0.2) is 5.96 Å². The Balaban J connectivity index is 1.86. The third kappa shape index (κ3) is 6.52. The van der Waals surface area contributed by atoms with Crippen LogP contribution in [0.15, 0.2) is 29.3 Å². The Hall–Kier alpha value is -1.55. The molecule has 24 heavy (non-hydrogen) atoms. The third-order valence-electron chi connectivity index (χ3n) is 4.49. The van der Waals surface area contributed by atoms with Gasteiger partial charge in [-0.15, -0.1) is 0 Å². The van der Waals surface area contributed by atoms with E-state index in [1.807, 2.05) is 0 Å². The first kappa shape index (κ1) is 18.8. The summed E-state index contributed by atoms with van der Waals surface area (Å²) in [6.45, 7) is 13.9. The van der Waals surface area contributed by atoms with E-state index in [0.717, 1.165) is 25.0 Å². The van der Waals surface area contributed by atoms with Gasteiger partial charge in [0.2, 0.25) is 0 Å². The highest BCUT2D eigenvalue weighted by atomic mass is 15.2. The van der Waals surface area contributed by atoms with Crippen LogP contribution in [0.1, 0.15) is 51.7 Å². The van der Waals surface area contributed by atoms with Gasteiger partial charge in [-0.25, -0.2) is 4.99 Å². The molecule has 0 bridgehead atoms. The predicted octanol–water partition coefficient (Wildman–Crippen LogP) is 3.38. The zero-order valence-corrected chi connectivity index (χ0v) is 15.8. The number of rotatable bonds is 6. The molecule has 0 amide bonds. The summed E-state index contributed by atoms with van der Waals surface area (Å²) >= 11 is 0. The Labute approximate surface area is 147 Å². The second-order valence-corrected chi connectivity index (χ2v) is 7.27. The number of aliphatic imine (C=N–C) groups is 1. The van der Waals surface area contributed by atoms with E-state index in [0.29, 0.717) is 12.6 Å². The Morgan fingerprint density at radius 2 is 1.79 bits per heavy atom. The van der Waals surface area contributed by atoms with E-state index in [1.165, 1.54) is 37.1 Å². The summed E-state index contributed by atoms with van der Waals surface area (Å²) in [7, 11) is 0. The first-order valence-electron chi connectivity index (χ1n) is 9.41. The lowest BCUT2D eigenvalue weighted by Gasteiger charge is -2.30. The van der Waals surface area contributed by atoms with E-state index in [4.69, 9.17) is 0 Å². The molecule has 0 saturated carbocycles. The molecule has 1 saturated heterocycles. The second kappa shape index (κ2) is 9.67. The monoisotopic (exact) mass is 330 g/mol. The number of nitrogens with one attached hydrogen (secondary N) is 2. The lowest BCUT2D eigenvalue weighted by Crippen LogP contribution is -2.40. The first-order chi connectivity index (χ1) is 11.6. The summed E-state index contributed by atoms with van der Waals surface area (Å²) in [5, 5.41) is 6.64. The maximum absolute atomic E-state index is 4.66. The molecule has 2 rings (SSSR count). The van der Waals surface area contributed by atoms with Crippen molar-refractivity contribution in [1.82, 2.24) is 15.5 Å². The topological polar surface area (TPSA) is 39.7 Å². The SMILES string of the molecule is CCNC(=NCc1ccc(CN2CCC(C)CC2)cc1)NC(C)C. The first-order valence-corrected chi connectivity index (χ1v) is 9.41. The molecule has 0 aromatic heterocycles. The van der Waals surface area contributed by atoms with Crippen molar-refractivity contribution < 1.29 is 0 Å². The van der Waals surface area contributed by atoms with E-state index in [9.17, 15) is 0 Å². The van der Waals surface area contributed by atoms with Crippen molar-refractivity contribution in [3.05, 3.63) is 35.4 Å². The smallest absolute Gasteiger partial charge is 0.191 e. The summed E-state index contributed by atoms with van der Waals surface area (Å²) < 4.78 is 0. The van der Waals surface area contributed by atoms with Crippen molar-refractivity contribution in [3.8, 4) is 0 Å². The zero-order valence-electron chi connectivity index (χ0n) is 15.8. The normalized spacial score (nSPS) is 17.3. The number of hydrogen-bond acceptors (Lipinski definition) is 2. The van der Waals surface area contributed by atoms with Gasteiger partial charge in [0, 0.05) is 19.1 Å². The highest BCUT2D eigenvalue weighted by Crippen LogP contribution is 2.18. The van der Waals surface area contributed by atoms with Gasteiger partial charge < -0.3 is 10.6 Å². The van der Waals surface area contributed by atoms with Gasteiger partial charge in [0.05, 0.1) is 6.54 Å². The van der Waals surface area contributed by atoms with Crippen LogP contribution in [0.5, 0.6) is 0 Å². The summed E-state index contributed by atoms with van der Waals surface area (Å²) in [5.41, 5.74) is 2.66. The molecule has 1 fully saturated rings. The van der Waals surface area contributed by atoms with Gasteiger partial charge in [-0.3, -0.25) is 4.90 Å². The lowest BCUT2D eigenvalue weighted by atomic mass is 9.99. The van der Waals surface area contributed by atoms with Crippen LogP contribution in [0.2, 0.25) is 0 Å². The molecule has 4 heteroatoms. The van der Waals surface area contributed by atoms with Crippen LogP contribution in [-0.4, -0.2) is 36.5 Å². The molecule has 1 aliphatic heterocycles. The summed E-state index contributed by atoms with van der Waals surface area (Å²) in [6.07, 6.45) is 2.67. The fraction of sp³-hybridized carbons (Fsp3) is 0.650. The Morgan fingerprint density at radius 1 is 1.17 bits per heavy atom. The molecular formula is C20H34N4. The largest absolute Gasteiger partial charge is 0.357 e. The predicted molar refractivity (Wildman–Crippen MR) is 103 cm³/mol. The van der Waals surface area contributed by atoms with Crippen molar-refractivity contribution in [2.24, 2.45) is 10.9 Å². The van der Waals surface area contributed by atoms with E-state index in [1.54, 1.807) is 0 Å². The van der Waals surface area contributed by atoms with E-state index in [2.05, 4.69) is 72.5 Å². The molecule has 0 radical (unpaired) electrons. The molecule has 2 N–H and O–H groups in total. The van der Waals surface area contributed by atoms with Crippen molar-refractivity contribution in [3.63, 3.8) is 0 Å². The molecule has 0 atom stereocenters. The minimum atomic E-state index is 0.387. The van der Waals surface area contributed by atoms with Crippen LogP contribution in [0, 0.1) is 5.92 Å². The fourth-order valence-electron chi connectivity index (χ4n) is 2.99. The van der Waals surface area contributed by atoms with Crippen molar-refractivity contribution in [2.45, 2.75) is 59.7 Å². The van der Waals surface area contributed by atoms with Gasteiger partial charge in [0.25, 0.3) is 0 Å². The fourth-order valence-corrected chi connectivity index (χ4v) is 2.99. The third-order valence-corrected chi connectivity index (χ3v) is 4.49. The lowest BCUT2D eigenvalue weighted by molar-refractivity contribution is 0.185. The molecule has 0 spiro atoms. The average Bonchev–Trinajstić information content (AvgIpc) is 2.56. The van der Waals surface area contributed by atoms with Crippen LogP contribution >= 0.6 is 0 Å². The molecular weight excluding hydrogens is 296 g/mol. The Morgan fingerprint density at radius 3 is 2.38 bits per heavy atom. The Kier molecular flexibility index (Phi) is 7.57. The summed E-state index contributed by atoms with van der Waals surface area (Å²) in [6, 6.07) is 9.32. The van der Waals surface area contributed by atoms with Crippen LogP contribution in [0.3, 0.4) is 0 Å². The average molecular weight is 331 g/mol. The molecule has 1 aromatic rings. The second-order valence-electron chi connectivity index (χ2n) is 7.27. The van der Waals surface area contributed by atoms with Crippen molar-refractivity contribution in [2.75, 3.05) is 19.6 Å². The van der Waals surface area contributed by atoms with Gasteiger partial charge >= 0.3 is 0 Å². The van der Waals surface area contributed by atoms with E-state index >= 15 is 0 Å². The van der Waals surface area contributed by atoms with E-state index < -0.39 is 0 Å².